The second kappa shape index (κ2) is 15.7. The molecule has 4 rings (SSSR count). The van der Waals surface area contributed by atoms with Crippen molar-refractivity contribution in [2.75, 3.05) is 12.1 Å². The molecule has 0 fully saturated rings. The number of ketones is 1. The third-order valence-corrected chi connectivity index (χ3v) is 9.19. The van der Waals surface area contributed by atoms with E-state index in [-0.39, 0.29) is 38.9 Å². The van der Waals surface area contributed by atoms with Crippen molar-refractivity contribution in [3.63, 3.8) is 0 Å². The predicted octanol–water partition coefficient (Wildman–Crippen LogP) is 2.59. The van der Waals surface area contributed by atoms with Gasteiger partial charge in [0.1, 0.15) is 15.5 Å². The second-order valence-electron chi connectivity index (χ2n) is 9.30. The Kier molecular flexibility index (Phi) is 12.1. The number of Topliss-reactive ketones (excluding diaryl/α,β-unsaturated/α-hetero) is 1. The van der Waals surface area contributed by atoms with E-state index in [1.54, 1.807) is 0 Å². The van der Waals surface area contributed by atoms with Gasteiger partial charge in [-0.3, -0.25) is 28.6 Å². The van der Waals surface area contributed by atoms with Gasteiger partial charge in [-0.15, -0.1) is 8.67 Å². The Morgan fingerprint density at radius 3 is 2.00 bits per heavy atom. The van der Waals surface area contributed by atoms with Gasteiger partial charge in [0.15, 0.2) is 5.78 Å². The number of nitrogens with zero attached hydrogens (tertiary/aromatic N) is 3. The van der Waals surface area contributed by atoms with Crippen molar-refractivity contribution in [2.45, 2.75) is 33.1 Å². The highest BCUT2D eigenvalue weighted by molar-refractivity contribution is 7.94. The van der Waals surface area contributed by atoms with Gasteiger partial charge in [0.05, 0.1) is 58.9 Å². The number of ether oxygens (including phenoxy) is 1. The molecule has 0 saturated carbocycles. The first-order valence-corrected chi connectivity index (χ1v) is 17.2. The zero-order valence-electron chi connectivity index (χ0n) is 24.6. The van der Waals surface area contributed by atoms with Crippen LogP contribution in [0.15, 0.2) is 83.6 Å². The Labute approximate surface area is 283 Å². The summed E-state index contributed by atoms with van der Waals surface area (Å²) in [4.78, 5) is 38.3. The van der Waals surface area contributed by atoms with E-state index in [4.69, 9.17) is 15.3 Å². The lowest BCUT2D eigenvalue weighted by atomic mass is 10.1. The van der Waals surface area contributed by atoms with Crippen molar-refractivity contribution in [1.29, 1.82) is 0 Å². The summed E-state index contributed by atoms with van der Waals surface area (Å²) in [5.74, 6) is -1.74. The Morgan fingerprint density at radius 2 is 1.49 bits per heavy atom. The van der Waals surface area contributed by atoms with Crippen molar-refractivity contribution in [1.82, 2.24) is 9.78 Å². The highest BCUT2D eigenvalue weighted by Gasteiger charge is 2.36. The molecule has 49 heavy (non-hydrogen) atoms. The van der Waals surface area contributed by atoms with Gasteiger partial charge in [-0.1, -0.05) is 16.2 Å². The predicted molar refractivity (Wildman–Crippen MR) is 167 cm³/mol. The van der Waals surface area contributed by atoms with Crippen LogP contribution in [0, 0.1) is 0 Å². The van der Waals surface area contributed by atoms with E-state index >= 15 is 0 Å². The van der Waals surface area contributed by atoms with Crippen molar-refractivity contribution in [3.05, 3.63) is 75.7 Å². The molecule has 262 valence electrons. The number of anilines is 1. The Balaban J connectivity index is 1.80. The average molecular weight is 763 g/mol. The minimum absolute atomic E-state index is 0.0751. The van der Waals surface area contributed by atoms with Gasteiger partial charge in [-0.05, 0) is 48.6 Å². The molecular formula is C25H22N4O16S4. The number of H-pyrrole nitrogens is 1. The molecule has 0 unspecified atom stereocenters. The molecule has 0 bridgehead atoms. The number of methoxy groups -OCH3 is 1. The lowest BCUT2D eigenvalue weighted by Gasteiger charge is -2.15. The van der Waals surface area contributed by atoms with Crippen LogP contribution < -0.4 is 10.6 Å². The molecule has 0 saturated heterocycles. The quantitative estimate of drug-likeness (QED) is 0.0489. The van der Waals surface area contributed by atoms with Crippen LogP contribution in [0.25, 0.3) is 11.8 Å². The molecule has 3 aromatic rings. The maximum Gasteiger partial charge on any atom is 0.296 e. The summed E-state index contributed by atoms with van der Waals surface area (Å²) in [7, 11) is -8.52. The van der Waals surface area contributed by atoms with Crippen molar-refractivity contribution < 1.29 is 69.5 Å². The monoisotopic (exact) mass is 762 g/mol. The molecular weight excluding hydrogens is 741 g/mol. The van der Waals surface area contributed by atoms with E-state index in [2.05, 4.69) is 28.9 Å². The van der Waals surface area contributed by atoms with Crippen LogP contribution in [-0.2, 0) is 59.9 Å². The number of amides is 1. The zero-order valence-corrected chi connectivity index (χ0v) is 27.8. The van der Waals surface area contributed by atoms with Gasteiger partial charge in [-0.2, -0.15) is 26.9 Å². The number of hydrazone groups is 1. The number of carbonyl (C=O) groups is 2. The maximum atomic E-state index is 13.6. The normalized spacial score (nSPS) is 14.7. The number of aromatic nitrogens is 2. The number of rotatable bonds is 15. The average Bonchev–Trinajstić information content (AvgIpc) is 3.53. The Hall–Kier alpha value is -4.02. The minimum atomic E-state index is -4.94. The highest BCUT2D eigenvalue weighted by Crippen LogP contribution is 2.35. The molecule has 1 aliphatic heterocycles. The molecule has 20 nitrogen and oxygen atoms in total. The molecule has 5 N–H and O–H groups in total. The van der Waals surface area contributed by atoms with Gasteiger partial charge in [0.2, 0.25) is 0 Å². The molecule has 24 heteroatoms. The number of nitrogens with one attached hydrogen (secondary N) is 1. The molecule has 2 heterocycles. The summed E-state index contributed by atoms with van der Waals surface area (Å²) in [6.07, 6.45) is 3.46. The van der Waals surface area contributed by atoms with Crippen molar-refractivity contribution >= 4 is 73.5 Å². The minimum Gasteiger partial charge on any atom is -0.378 e. The van der Waals surface area contributed by atoms with E-state index < -0.39 is 58.7 Å². The fourth-order valence-electron chi connectivity index (χ4n) is 4.30. The van der Waals surface area contributed by atoms with Crippen LogP contribution in [0.4, 0.5) is 5.69 Å². The lowest BCUT2D eigenvalue weighted by Crippen LogP contribution is -2.23. The molecule has 0 spiro atoms. The number of carbonyl (C=O) groups excluding carboxylic acids is 2. The van der Waals surface area contributed by atoms with Gasteiger partial charge < -0.3 is 4.74 Å². The fourth-order valence-corrected chi connectivity index (χ4v) is 6.39. The molecule has 0 radical (unpaired) electrons. The van der Waals surface area contributed by atoms with Gasteiger partial charge in [0.25, 0.3) is 31.7 Å². The molecule has 0 atom stereocenters. The summed E-state index contributed by atoms with van der Waals surface area (Å²) in [6.45, 7) is 0.855. The number of benzene rings is 2. The molecule has 2 aromatic carbocycles. The van der Waals surface area contributed by atoms with Crippen LogP contribution in [0.5, 0.6) is 0 Å². The summed E-state index contributed by atoms with van der Waals surface area (Å²) in [6, 6.07) is 6.38. The summed E-state index contributed by atoms with van der Waals surface area (Å²) >= 11 is 0.846. The largest absolute Gasteiger partial charge is 0.378 e. The molecule has 1 aliphatic rings. The van der Waals surface area contributed by atoms with Gasteiger partial charge in [0, 0.05) is 23.8 Å². The SMILES string of the molecule is COCc1[nH]n(-c2cc(SOOO)ccc2S(=O)(=O)O)c(=O)c1/C=C/C=C1/C(=O)N(c2cc(SOOO)ccc2S(=O)(=O)O)N=C1C(C)=O. The molecule has 0 aliphatic carbocycles. The first-order valence-electron chi connectivity index (χ1n) is 12.8. The number of allylic oxidation sites excluding steroid dienone is 2. The fraction of sp³-hybridized carbons (Fsp3) is 0.120. The summed E-state index contributed by atoms with van der Waals surface area (Å²) in [5.41, 5.74) is -2.53. The smallest absolute Gasteiger partial charge is 0.296 e. The summed E-state index contributed by atoms with van der Waals surface area (Å²) in [5, 5.41) is 31.1. The van der Waals surface area contributed by atoms with E-state index in [0.717, 1.165) is 48.0 Å². The Morgan fingerprint density at radius 1 is 0.939 bits per heavy atom. The zero-order chi connectivity index (χ0) is 36.1. The van der Waals surface area contributed by atoms with E-state index in [1.165, 1.54) is 25.3 Å². The van der Waals surface area contributed by atoms with E-state index in [0.29, 0.717) is 29.1 Å². The second-order valence-corrected chi connectivity index (χ2v) is 13.6. The molecule has 1 aromatic heterocycles. The molecule has 1 amide bonds. The van der Waals surface area contributed by atoms with E-state index in [9.17, 15) is 40.3 Å². The van der Waals surface area contributed by atoms with E-state index in [1.807, 2.05) is 0 Å². The summed E-state index contributed by atoms with van der Waals surface area (Å²) < 4.78 is 82.5. The Bertz CT molecular complexity index is 2160. The van der Waals surface area contributed by atoms with Gasteiger partial charge >= 0.3 is 0 Å². The lowest BCUT2D eigenvalue weighted by molar-refractivity contribution is -0.432. The van der Waals surface area contributed by atoms with Crippen LogP contribution >= 0.6 is 24.1 Å². The third kappa shape index (κ3) is 8.59. The van der Waals surface area contributed by atoms with Gasteiger partial charge in [-0.25, -0.2) is 15.2 Å². The first-order chi connectivity index (χ1) is 23.1. The van der Waals surface area contributed by atoms with Crippen molar-refractivity contribution in [2.24, 2.45) is 5.10 Å². The van der Waals surface area contributed by atoms with Crippen molar-refractivity contribution in [3.8, 4) is 5.69 Å². The third-order valence-electron chi connectivity index (χ3n) is 6.24. The maximum absolute atomic E-state index is 13.6. The number of hydrogen-bond acceptors (Lipinski definition) is 17. The van der Waals surface area contributed by atoms with Crippen LogP contribution in [0.1, 0.15) is 18.2 Å². The standard InChI is InChI=1S/C25H22N4O16S4/c1-13(30)23-17(25(32)29(27-23)20-11-15(47-45-43-34)7-9-22(20)49(38,39)40)5-3-4-16-18(12-41-2)26-28(24(16)31)19-10-14(46-44-42-33)6-8-21(19)48(35,36)37/h3-11,26,33-34H,12H2,1-2H3,(H,35,36,37)(H,38,39,40)/b4-3+,17-5+. The number of hydrogen-bond donors (Lipinski definition) is 5. The highest BCUT2D eigenvalue weighted by atomic mass is 32.2. The number of aromatic amines is 1. The van der Waals surface area contributed by atoms with Crippen LogP contribution in [0.3, 0.4) is 0 Å². The topological polar surface area (TPSA) is 283 Å². The van der Waals surface area contributed by atoms with Crippen LogP contribution in [0.2, 0.25) is 0 Å². The first kappa shape index (κ1) is 37.8. The van der Waals surface area contributed by atoms with Crippen LogP contribution in [-0.4, -0.2) is 70.7 Å².